The van der Waals surface area contributed by atoms with Crippen molar-refractivity contribution in [3.63, 3.8) is 0 Å². The minimum atomic E-state index is -0.397. The predicted octanol–water partition coefficient (Wildman–Crippen LogP) is 5.80. The second-order valence-electron chi connectivity index (χ2n) is 8.16. The molecule has 7 nitrogen and oxygen atoms in total. The van der Waals surface area contributed by atoms with Crippen molar-refractivity contribution in [2.24, 2.45) is 0 Å². The number of para-hydroxylation sites is 1. The second-order valence-corrected chi connectivity index (χ2v) is 9.08. The highest BCUT2D eigenvalue weighted by atomic mass is 79.9. The summed E-state index contributed by atoms with van der Waals surface area (Å²) in [5.74, 6) is 0.589. The minimum Gasteiger partial charge on any atom is -0.314 e. The van der Waals surface area contributed by atoms with E-state index < -0.39 is 6.04 Å². The average Bonchev–Trinajstić information content (AvgIpc) is 2.88. The summed E-state index contributed by atoms with van der Waals surface area (Å²) in [6.45, 7) is 4.82. The van der Waals surface area contributed by atoms with Crippen LogP contribution in [0.3, 0.4) is 0 Å². The summed E-state index contributed by atoms with van der Waals surface area (Å²) < 4.78 is 2.61. The van der Waals surface area contributed by atoms with Crippen molar-refractivity contribution in [3.8, 4) is 0 Å². The van der Waals surface area contributed by atoms with Crippen molar-refractivity contribution >= 4 is 38.6 Å². The van der Waals surface area contributed by atoms with E-state index in [1.807, 2.05) is 74.5 Å². The number of aromatic nitrogens is 3. The summed E-state index contributed by atoms with van der Waals surface area (Å²) in [6.07, 6.45) is 2.92. The molecule has 2 aromatic carbocycles. The van der Waals surface area contributed by atoms with Crippen LogP contribution in [0.15, 0.2) is 82.2 Å². The number of urea groups is 1. The first-order valence-electron chi connectivity index (χ1n) is 11.7. The zero-order chi connectivity index (χ0) is 24.8. The lowest BCUT2D eigenvalue weighted by atomic mass is 10.1. The summed E-state index contributed by atoms with van der Waals surface area (Å²) in [5, 5.41) is 3.59. The van der Waals surface area contributed by atoms with E-state index in [0.29, 0.717) is 48.3 Å². The molecule has 4 aromatic rings. The van der Waals surface area contributed by atoms with Crippen molar-refractivity contribution in [2.75, 3.05) is 11.9 Å². The van der Waals surface area contributed by atoms with Gasteiger partial charge in [-0.1, -0.05) is 41.1 Å². The number of carbonyl (C=O) groups excluding carboxylic acids is 1. The molecule has 1 N–H and O–H groups in total. The number of halogens is 1. The number of anilines is 1. The topological polar surface area (TPSA) is 80.1 Å². The number of hydrogen-bond donors (Lipinski definition) is 1. The van der Waals surface area contributed by atoms with Crippen LogP contribution in [0.2, 0.25) is 0 Å². The first kappa shape index (κ1) is 24.6. The molecule has 1 atom stereocenters. The highest BCUT2D eigenvalue weighted by Gasteiger charge is 2.28. The van der Waals surface area contributed by atoms with Crippen LogP contribution >= 0.6 is 15.9 Å². The smallest absolute Gasteiger partial charge is 0.314 e. The van der Waals surface area contributed by atoms with Gasteiger partial charge in [0, 0.05) is 41.6 Å². The van der Waals surface area contributed by atoms with Crippen molar-refractivity contribution < 1.29 is 4.79 Å². The van der Waals surface area contributed by atoms with E-state index in [-0.39, 0.29) is 11.6 Å². The van der Waals surface area contributed by atoms with Crippen LogP contribution in [0.4, 0.5) is 10.5 Å². The maximum Gasteiger partial charge on any atom is 0.322 e. The molecular formula is C27H28BrN5O2. The Morgan fingerprint density at radius 1 is 1.06 bits per heavy atom. The first-order valence-corrected chi connectivity index (χ1v) is 12.5. The van der Waals surface area contributed by atoms with Crippen molar-refractivity contribution in [1.29, 1.82) is 0 Å². The van der Waals surface area contributed by atoms with Crippen LogP contribution in [-0.4, -0.2) is 32.0 Å². The van der Waals surface area contributed by atoms with Crippen LogP contribution in [0, 0.1) is 0 Å². The molecule has 0 saturated carbocycles. The monoisotopic (exact) mass is 533 g/mol. The van der Waals surface area contributed by atoms with E-state index >= 15 is 0 Å². The Morgan fingerprint density at radius 3 is 2.49 bits per heavy atom. The highest BCUT2D eigenvalue weighted by molar-refractivity contribution is 9.10. The molecule has 2 aromatic heterocycles. The van der Waals surface area contributed by atoms with Gasteiger partial charge < -0.3 is 10.2 Å². The molecule has 2 amide bonds. The Labute approximate surface area is 213 Å². The molecule has 35 heavy (non-hydrogen) atoms. The van der Waals surface area contributed by atoms with Gasteiger partial charge in [-0.15, -0.1) is 0 Å². The molecule has 0 aliphatic heterocycles. The summed E-state index contributed by atoms with van der Waals surface area (Å²) in [6, 6.07) is 19.9. The third-order valence-electron chi connectivity index (χ3n) is 5.96. The Kier molecular flexibility index (Phi) is 7.92. The molecule has 4 rings (SSSR count). The van der Waals surface area contributed by atoms with Gasteiger partial charge in [-0.2, -0.15) is 0 Å². The average molecular weight is 534 g/mol. The number of benzene rings is 2. The maximum atomic E-state index is 13.6. The molecule has 0 bridgehead atoms. The van der Waals surface area contributed by atoms with Gasteiger partial charge in [0.05, 0.1) is 16.9 Å². The van der Waals surface area contributed by atoms with Crippen LogP contribution in [0.5, 0.6) is 0 Å². The van der Waals surface area contributed by atoms with Gasteiger partial charge in [-0.05, 0) is 61.9 Å². The zero-order valence-corrected chi connectivity index (χ0v) is 21.4. The Hall–Kier alpha value is -3.52. The van der Waals surface area contributed by atoms with Crippen LogP contribution in [-0.2, 0) is 13.0 Å². The summed E-state index contributed by atoms with van der Waals surface area (Å²) >= 11 is 3.43. The van der Waals surface area contributed by atoms with E-state index in [1.165, 1.54) is 0 Å². The lowest BCUT2D eigenvalue weighted by molar-refractivity contribution is 0.180. The van der Waals surface area contributed by atoms with Gasteiger partial charge in [0.2, 0.25) is 0 Å². The Bertz CT molecular complexity index is 1360. The standard InChI is InChI=1S/C27H28BrN5O2/c1-3-24(25-31-23-11-6-5-10-22(23)26(34)32(25)4-2)33(18-16-20-9-7-8-17-29-20)27(35)30-21-14-12-19(28)13-15-21/h5-15,17,24H,3-4,16,18H2,1-2H3,(H,30,35). The summed E-state index contributed by atoms with van der Waals surface area (Å²) in [4.78, 5) is 37.9. The number of nitrogens with zero attached hydrogens (tertiary/aromatic N) is 4. The number of rotatable bonds is 8. The molecule has 0 aliphatic rings. The first-order chi connectivity index (χ1) is 17.0. The molecule has 0 aliphatic carbocycles. The fourth-order valence-electron chi connectivity index (χ4n) is 4.20. The van der Waals surface area contributed by atoms with Gasteiger partial charge in [0.25, 0.3) is 5.56 Å². The molecule has 1 unspecified atom stereocenters. The van der Waals surface area contributed by atoms with E-state index in [4.69, 9.17) is 4.98 Å². The van der Waals surface area contributed by atoms with Gasteiger partial charge in [-0.25, -0.2) is 9.78 Å². The maximum absolute atomic E-state index is 13.6. The fourth-order valence-corrected chi connectivity index (χ4v) is 4.46. The van der Waals surface area contributed by atoms with E-state index in [0.717, 1.165) is 10.2 Å². The fraction of sp³-hybridized carbons (Fsp3) is 0.259. The van der Waals surface area contributed by atoms with E-state index in [1.54, 1.807) is 21.7 Å². The molecule has 8 heteroatoms. The predicted molar refractivity (Wildman–Crippen MR) is 143 cm³/mol. The zero-order valence-electron chi connectivity index (χ0n) is 19.8. The Balaban J connectivity index is 1.74. The largest absolute Gasteiger partial charge is 0.322 e. The normalized spacial score (nSPS) is 11.9. The van der Waals surface area contributed by atoms with Crippen molar-refractivity contribution in [1.82, 2.24) is 19.4 Å². The van der Waals surface area contributed by atoms with E-state index in [2.05, 4.69) is 26.2 Å². The van der Waals surface area contributed by atoms with Gasteiger partial charge >= 0.3 is 6.03 Å². The number of carbonyl (C=O) groups is 1. The third kappa shape index (κ3) is 5.59. The highest BCUT2D eigenvalue weighted by Crippen LogP contribution is 2.25. The quantitative estimate of drug-likeness (QED) is 0.310. The van der Waals surface area contributed by atoms with E-state index in [9.17, 15) is 9.59 Å². The molecule has 0 fully saturated rings. The van der Waals surface area contributed by atoms with Crippen molar-refractivity contribution in [3.05, 3.63) is 99.3 Å². The lowest BCUT2D eigenvalue weighted by Gasteiger charge is -2.32. The SMILES string of the molecule is CCC(c1nc2ccccc2c(=O)n1CC)N(CCc1ccccn1)C(=O)Nc1ccc(Br)cc1. The number of amides is 2. The molecule has 0 saturated heterocycles. The van der Waals surface area contributed by atoms with Crippen LogP contribution in [0.25, 0.3) is 10.9 Å². The molecule has 0 spiro atoms. The van der Waals surface area contributed by atoms with Crippen LogP contribution < -0.4 is 10.9 Å². The second kappa shape index (κ2) is 11.3. The number of nitrogens with one attached hydrogen (secondary N) is 1. The molecular weight excluding hydrogens is 506 g/mol. The van der Waals surface area contributed by atoms with Crippen LogP contribution in [0.1, 0.15) is 37.8 Å². The minimum absolute atomic E-state index is 0.0930. The number of fused-ring (bicyclic) bond motifs is 1. The molecule has 2 heterocycles. The van der Waals surface area contributed by atoms with Crippen molar-refractivity contribution in [2.45, 2.75) is 39.3 Å². The van der Waals surface area contributed by atoms with Gasteiger partial charge in [0.15, 0.2) is 0 Å². The Morgan fingerprint density at radius 2 is 1.80 bits per heavy atom. The molecule has 180 valence electrons. The summed E-state index contributed by atoms with van der Waals surface area (Å²) in [5.41, 5.74) is 2.12. The third-order valence-corrected chi connectivity index (χ3v) is 6.49. The number of hydrogen-bond acceptors (Lipinski definition) is 4. The summed E-state index contributed by atoms with van der Waals surface area (Å²) in [7, 11) is 0. The van der Waals surface area contributed by atoms with Gasteiger partial charge in [-0.3, -0.25) is 14.3 Å². The van der Waals surface area contributed by atoms with Gasteiger partial charge in [0.1, 0.15) is 5.82 Å². The molecule has 0 radical (unpaired) electrons. The number of pyridine rings is 1. The lowest BCUT2D eigenvalue weighted by Crippen LogP contribution is -2.42.